The van der Waals surface area contributed by atoms with Gasteiger partial charge in [0, 0.05) is 25.0 Å². The maximum atomic E-state index is 13.0. The fraction of sp³-hybridized carbons (Fsp3) is 0.474. The smallest absolute Gasteiger partial charge is 0.321 e. The summed E-state index contributed by atoms with van der Waals surface area (Å²) in [6.07, 6.45) is 10.9. The molecule has 6 heteroatoms. The van der Waals surface area contributed by atoms with E-state index in [4.69, 9.17) is 11.6 Å². The Morgan fingerprint density at radius 1 is 1.16 bits per heavy atom. The molecule has 2 amide bonds. The number of hydrogen-bond acceptors (Lipinski definition) is 2. The highest BCUT2D eigenvalue weighted by molar-refractivity contribution is 6.33. The Balaban J connectivity index is 1.56. The summed E-state index contributed by atoms with van der Waals surface area (Å²) in [6, 6.07) is 7.74. The average Bonchev–Trinajstić information content (AvgIpc) is 3.35. The van der Waals surface area contributed by atoms with E-state index in [1.54, 1.807) is 10.9 Å². The molecule has 1 aromatic heterocycles. The van der Waals surface area contributed by atoms with E-state index in [9.17, 15) is 4.79 Å². The summed E-state index contributed by atoms with van der Waals surface area (Å²) in [5.41, 5.74) is 1.40. The Morgan fingerprint density at radius 3 is 2.76 bits per heavy atom. The normalized spacial score (nSPS) is 21.0. The van der Waals surface area contributed by atoms with Crippen molar-refractivity contribution < 1.29 is 4.79 Å². The van der Waals surface area contributed by atoms with E-state index in [1.165, 1.54) is 25.7 Å². The van der Waals surface area contributed by atoms with Gasteiger partial charge in [-0.1, -0.05) is 30.5 Å². The van der Waals surface area contributed by atoms with Gasteiger partial charge in [0.25, 0.3) is 0 Å². The highest BCUT2D eigenvalue weighted by Gasteiger charge is 2.36. The molecule has 1 unspecified atom stereocenters. The zero-order chi connectivity index (χ0) is 17.2. The van der Waals surface area contributed by atoms with E-state index in [0.717, 1.165) is 19.4 Å². The third-order valence-corrected chi connectivity index (χ3v) is 5.77. The van der Waals surface area contributed by atoms with E-state index in [1.807, 2.05) is 35.4 Å². The number of carbonyl (C=O) groups excluding carboxylic acids is 1. The number of rotatable bonds is 3. The number of para-hydroxylation sites is 1. The van der Waals surface area contributed by atoms with Crippen LogP contribution in [0, 0.1) is 5.92 Å². The maximum Gasteiger partial charge on any atom is 0.322 e. The van der Waals surface area contributed by atoms with E-state index >= 15 is 0 Å². The molecule has 0 bridgehead atoms. The number of aromatic nitrogens is 2. The van der Waals surface area contributed by atoms with Gasteiger partial charge < -0.3 is 10.2 Å². The molecule has 1 saturated carbocycles. The summed E-state index contributed by atoms with van der Waals surface area (Å²) >= 11 is 6.37. The van der Waals surface area contributed by atoms with Crippen LogP contribution in [0.2, 0.25) is 5.02 Å². The zero-order valence-corrected chi connectivity index (χ0v) is 15.0. The first-order chi connectivity index (χ1) is 12.2. The minimum absolute atomic E-state index is 0.0231. The molecule has 0 radical (unpaired) electrons. The molecule has 2 fully saturated rings. The third kappa shape index (κ3) is 3.25. The van der Waals surface area contributed by atoms with Crippen molar-refractivity contribution in [1.82, 2.24) is 14.7 Å². The van der Waals surface area contributed by atoms with Gasteiger partial charge in [-0.3, -0.25) is 0 Å². The lowest BCUT2D eigenvalue weighted by atomic mass is 9.96. The lowest BCUT2D eigenvalue weighted by molar-refractivity contribution is 0.185. The van der Waals surface area contributed by atoms with Crippen molar-refractivity contribution in [2.75, 3.05) is 11.9 Å². The van der Waals surface area contributed by atoms with Gasteiger partial charge in [0.05, 0.1) is 10.7 Å². The van der Waals surface area contributed by atoms with Crippen LogP contribution >= 0.6 is 11.6 Å². The number of urea groups is 1. The van der Waals surface area contributed by atoms with Crippen molar-refractivity contribution in [2.24, 2.45) is 5.92 Å². The van der Waals surface area contributed by atoms with Gasteiger partial charge in [0.1, 0.15) is 5.69 Å². The van der Waals surface area contributed by atoms with Crippen molar-refractivity contribution in [3.8, 4) is 5.69 Å². The van der Waals surface area contributed by atoms with E-state index in [-0.39, 0.29) is 6.03 Å². The first-order valence-corrected chi connectivity index (χ1v) is 9.48. The van der Waals surface area contributed by atoms with Gasteiger partial charge in [-0.25, -0.2) is 9.48 Å². The van der Waals surface area contributed by atoms with Crippen LogP contribution in [0.5, 0.6) is 0 Å². The number of likely N-dealkylation sites (tertiary alicyclic amines) is 1. The lowest BCUT2D eigenvalue weighted by Crippen LogP contribution is -2.42. The Morgan fingerprint density at radius 2 is 2.00 bits per heavy atom. The molecule has 1 atom stereocenters. The highest BCUT2D eigenvalue weighted by Crippen LogP contribution is 2.36. The number of halogens is 1. The highest BCUT2D eigenvalue weighted by atomic mass is 35.5. The first kappa shape index (κ1) is 16.5. The van der Waals surface area contributed by atoms with Crippen molar-refractivity contribution in [3.05, 3.63) is 41.7 Å². The zero-order valence-electron chi connectivity index (χ0n) is 14.2. The molecule has 2 heterocycles. The monoisotopic (exact) mass is 358 g/mol. The second-order valence-corrected chi connectivity index (χ2v) is 7.37. The molecular weight excluding hydrogens is 336 g/mol. The summed E-state index contributed by atoms with van der Waals surface area (Å²) in [5, 5.41) is 7.90. The Kier molecular flexibility index (Phi) is 4.66. The number of nitrogens with zero attached hydrogens (tertiary/aromatic N) is 3. The van der Waals surface area contributed by atoms with Crippen molar-refractivity contribution in [3.63, 3.8) is 0 Å². The van der Waals surface area contributed by atoms with Gasteiger partial charge in [-0.2, -0.15) is 5.10 Å². The van der Waals surface area contributed by atoms with Crippen LogP contribution in [-0.2, 0) is 0 Å². The van der Waals surface area contributed by atoms with Gasteiger partial charge in [0.2, 0.25) is 0 Å². The Bertz CT molecular complexity index is 740. The van der Waals surface area contributed by atoms with E-state index in [2.05, 4.69) is 10.4 Å². The number of amides is 2. The summed E-state index contributed by atoms with van der Waals surface area (Å²) in [7, 11) is 0. The topological polar surface area (TPSA) is 50.2 Å². The van der Waals surface area contributed by atoms with Crippen LogP contribution < -0.4 is 5.32 Å². The second-order valence-electron chi connectivity index (χ2n) is 6.96. The Hall–Kier alpha value is -2.01. The van der Waals surface area contributed by atoms with Gasteiger partial charge in [-0.05, 0) is 49.8 Å². The fourth-order valence-corrected chi connectivity index (χ4v) is 4.58. The number of hydrogen-bond donors (Lipinski definition) is 1. The largest absolute Gasteiger partial charge is 0.322 e. The van der Waals surface area contributed by atoms with Gasteiger partial charge >= 0.3 is 6.03 Å². The lowest BCUT2D eigenvalue weighted by Gasteiger charge is -2.29. The molecule has 1 aliphatic carbocycles. The van der Waals surface area contributed by atoms with Crippen molar-refractivity contribution in [2.45, 2.75) is 44.6 Å². The van der Waals surface area contributed by atoms with E-state index in [0.29, 0.717) is 28.4 Å². The number of carbonyl (C=O) groups is 1. The minimum atomic E-state index is -0.0231. The molecule has 2 aliphatic rings. The quantitative estimate of drug-likeness (QED) is 0.863. The number of anilines is 1. The van der Waals surface area contributed by atoms with Crippen LogP contribution in [0.3, 0.4) is 0 Å². The average molecular weight is 359 g/mol. The molecule has 5 nitrogen and oxygen atoms in total. The summed E-state index contributed by atoms with van der Waals surface area (Å²) < 4.78 is 1.69. The van der Waals surface area contributed by atoms with Crippen LogP contribution in [0.25, 0.3) is 5.69 Å². The van der Waals surface area contributed by atoms with Crippen molar-refractivity contribution in [1.29, 1.82) is 0 Å². The molecule has 4 rings (SSSR count). The SMILES string of the molecule is O=C(Nc1cccc(Cl)c1-n1cccn1)N1CCCC1C1CCCC1. The van der Waals surface area contributed by atoms with E-state index < -0.39 is 0 Å². The Labute approximate surface area is 153 Å². The number of nitrogens with one attached hydrogen (secondary N) is 1. The second kappa shape index (κ2) is 7.08. The molecule has 1 aromatic carbocycles. The molecule has 132 valence electrons. The van der Waals surface area contributed by atoms with Crippen LogP contribution in [-0.4, -0.2) is 33.3 Å². The van der Waals surface area contributed by atoms with Crippen LogP contribution in [0.1, 0.15) is 38.5 Å². The first-order valence-electron chi connectivity index (χ1n) is 9.10. The standard InChI is InChI=1S/C19H23ClN4O/c20-15-8-3-9-16(18(15)24-13-5-11-21-24)22-19(25)23-12-4-10-17(23)14-6-1-2-7-14/h3,5,8-9,11,13-14,17H,1-2,4,6-7,10,12H2,(H,22,25). The molecule has 2 aromatic rings. The predicted molar refractivity (Wildman–Crippen MR) is 99.3 cm³/mol. The van der Waals surface area contributed by atoms with Crippen LogP contribution in [0.15, 0.2) is 36.7 Å². The van der Waals surface area contributed by atoms with Crippen molar-refractivity contribution >= 4 is 23.3 Å². The van der Waals surface area contributed by atoms with Gasteiger partial charge in [0.15, 0.2) is 0 Å². The summed E-state index contributed by atoms with van der Waals surface area (Å²) in [5.74, 6) is 0.665. The predicted octanol–water partition coefficient (Wildman–Crippen LogP) is 4.71. The molecular formula is C19H23ClN4O. The van der Waals surface area contributed by atoms with Gasteiger partial charge in [-0.15, -0.1) is 0 Å². The molecule has 25 heavy (non-hydrogen) atoms. The van der Waals surface area contributed by atoms with Crippen LogP contribution in [0.4, 0.5) is 10.5 Å². The maximum absolute atomic E-state index is 13.0. The molecule has 0 spiro atoms. The summed E-state index contributed by atoms with van der Waals surface area (Å²) in [4.78, 5) is 15.0. The fourth-order valence-electron chi connectivity index (χ4n) is 4.31. The molecule has 1 N–H and O–H groups in total. The molecule has 1 saturated heterocycles. The minimum Gasteiger partial charge on any atom is -0.321 e. The molecule has 1 aliphatic heterocycles. The summed E-state index contributed by atoms with van der Waals surface area (Å²) in [6.45, 7) is 0.838. The third-order valence-electron chi connectivity index (χ3n) is 5.47. The number of benzene rings is 1.